The molecule has 178 valence electrons. The van der Waals surface area contributed by atoms with Crippen molar-refractivity contribution < 1.29 is 13.2 Å². The van der Waals surface area contributed by atoms with Gasteiger partial charge in [0.2, 0.25) is 15.9 Å². The van der Waals surface area contributed by atoms with E-state index in [0.29, 0.717) is 38.0 Å². The number of nitrogens with zero attached hydrogens (tertiary/aromatic N) is 4. The summed E-state index contributed by atoms with van der Waals surface area (Å²) in [7, 11) is -1.65. The molecule has 3 aromatic rings. The van der Waals surface area contributed by atoms with Crippen LogP contribution in [0.3, 0.4) is 0 Å². The van der Waals surface area contributed by atoms with Crippen LogP contribution >= 0.6 is 0 Å². The molecule has 2 aromatic carbocycles. The molecule has 33 heavy (non-hydrogen) atoms. The molecule has 1 aromatic heterocycles. The maximum absolute atomic E-state index is 13.1. The highest BCUT2D eigenvalue weighted by Crippen LogP contribution is 2.23. The van der Waals surface area contributed by atoms with Crippen LogP contribution in [0.4, 0.5) is 5.69 Å². The third-order valence-corrected chi connectivity index (χ3v) is 8.00. The average molecular weight is 471 g/mol. The van der Waals surface area contributed by atoms with E-state index in [-0.39, 0.29) is 10.8 Å². The van der Waals surface area contributed by atoms with E-state index >= 15 is 0 Å². The van der Waals surface area contributed by atoms with Crippen LogP contribution in [-0.4, -0.2) is 47.8 Å². The minimum Gasteiger partial charge on any atom is -0.331 e. The topological polar surface area (TPSA) is 75.5 Å². The Balaban J connectivity index is 1.81. The number of fused-ring (bicyclic) bond motifs is 1. The number of imidazole rings is 1. The minimum absolute atomic E-state index is 0.0616. The van der Waals surface area contributed by atoms with E-state index in [0.717, 1.165) is 29.9 Å². The highest BCUT2D eigenvalue weighted by atomic mass is 32.2. The number of carbonyl (C=O) groups excluding carboxylic acids is 1. The number of amides is 1. The van der Waals surface area contributed by atoms with Gasteiger partial charge in [0.05, 0.1) is 15.9 Å². The van der Waals surface area contributed by atoms with E-state index in [1.807, 2.05) is 60.7 Å². The van der Waals surface area contributed by atoms with Crippen molar-refractivity contribution in [1.82, 2.24) is 13.9 Å². The lowest BCUT2D eigenvalue weighted by molar-refractivity contribution is -0.118. The molecule has 0 aliphatic carbocycles. The zero-order valence-electron chi connectivity index (χ0n) is 20.0. The van der Waals surface area contributed by atoms with Crippen molar-refractivity contribution in [2.45, 2.75) is 51.3 Å². The number of hydrogen-bond donors (Lipinski definition) is 0. The van der Waals surface area contributed by atoms with Gasteiger partial charge in [-0.05, 0) is 36.8 Å². The molecular weight excluding hydrogens is 436 g/mol. The van der Waals surface area contributed by atoms with Gasteiger partial charge in [-0.2, -0.15) is 4.31 Å². The van der Waals surface area contributed by atoms with Gasteiger partial charge >= 0.3 is 0 Å². The van der Waals surface area contributed by atoms with Gasteiger partial charge in [-0.25, -0.2) is 13.4 Å². The Kier molecular flexibility index (Phi) is 8.26. The van der Waals surface area contributed by atoms with Gasteiger partial charge in [0.15, 0.2) is 0 Å². The zero-order valence-corrected chi connectivity index (χ0v) is 20.8. The lowest BCUT2D eigenvalue weighted by Gasteiger charge is -2.22. The van der Waals surface area contributed by atoms with Gasteiger partial charge in [0.25, 0.3) is 0 Å². The molecular formula is C25H34N4O3S. The molecule has 0 N–H and O–H groups in total. The first kappa shape index (κ1) is 24.9. The Morgan fingerprint density at radius 1 is 1.03 bits per heavy atom. The Hall–Kier alpha value is -2.71. The Morgan fingerprint density at radius 2 is 1.73 bits per heavy atom. The summed E-state index contributed by atoms with van der Waals surface area (Å²) in [5.74, 6) is 0.825. The molecule has 0 atom stereocenters. The van der Waals surface area contributed by atoms with E-state index in [1.165, 1.54) is 4.31 Å². The van der Waals surface area contributed by atoms with Crippen LogP contribution in [0.1, 0.15) is 45.9 Å². The second-order valence-electron chi connectivity index (χ2n) is 8.06. The maximum Gasteiger partial charge on any atom is 0.243 e. The van der Waals surface area contributed by atoms with Gasteiger partial charge in [-0.15, -0.1) is 0 Å². The number of sulfonamides is 1. The third kappa shape index (κ3) is 5.45. The van der Waals surface area contributed by atoms with Gasteiger partial charge in [0, 0.05) is 45.2 Å². The number of benzene rings is 2. The number of hydrogen-bond acceptors (Lipinski definition) is 4. The molecule has 1 heterocycles. The molecule has 1 amide bonds. The number of aromatic nitrogens is 2. The quantitative estimate of drug-likeness (QED) is 0.417. The van der Waals surface area contributed by atoms with Crippen molar-refractivity contribution in [2.75, 3.05) is 24.5 Å². The van der Waals surface area contributed by atoms with Crippen molar-refractivity contribution in [2.24, 2.45) is 7.05 Å². The molecule has 8 heteroatoms. The van der Waals surface area contributed by atoms with Gasteiger partial charge in [-0.1, -0.05) is 45.4 Å². The highest BCUT2D eigenvalue weighted by molar-refractivity contribution is 7.89. The number of para-hydroxylation sites is 1. The molecule has 0 bridgehead atoms. The van der Waals surface area contributed by atoms with Crippen molar-refractivity contribution in [1.29, 1.82) is 0 Å². The number of rotatable bonds is 11. The number of aryl methyl sites for hydroxylation is 2. The van der Waals surface area contributed by atoms with E-state index in [4.69, 9.17) is 0 Å². The van der Waals surface area contributed by atoms with E-state index in [2.05, 4.69) is 11.9 Å². The first-order chi connectivity index (χ1) is 15.8. The first-order valence-corrected chi connectivity index (χ1v) is 13.1. The number of carbonyl (C=O) groups is 1. The van der Waals surface area contributed by atoms with Crippen LogP contribution in [0, 0.1) is 0 Å². The summed E-state index contributed by atoms with van der Waals surface area (Å²) in [5.41, 5.74) is 2.38. The monoisotopic (exact) mass is 470 g/mol. The number of unbranched alkanes of at least 4 members (excludes halogenated alkanes) is 1. The van der Waals surface area contributed by atoms with Crippen LogP contribution in [0.5, 0.6) is 0 Å². The summed E-state index contributed by atoms with van der Waals surface area (Å²) < 4.78 is 29.1. The molecule has 0 aliphatic rings. The first-order valence-electron chi connectivity index (χ1n) is 11.6. The van der Waals surface area contributed by atoms with Crippen LogP contribution in [0.25, 0.3) is 11.0 Å². The fourth-order valence-electron chi connectivity index (χ4n) is 4.00. The second-order valence-corrected chi connectivity index (χ2v) is 10.00. The summed E-state index contributed by atoms with van der Waals surface area (Å²) in [6.45, 7) is 7.30. The normalized spacial score (nSPS) is 11.9. The predicted molar refractivity (Wildman–Crippen MR) is 133 cm³/mol. The summed E-state index contributed by atoms with van der Waals surface area (Å²) >= 11 is 0. The molecule has 0 unspecified atom stereocenters. The van der Waals surface area contributed by atoms with Crippen molar-refractivity contribution in [3.8, 4) is 0 Å². The zero-order chi connectivity index (χ0) is 24.0. The highest BCUT2D eigenvalue weighted by Gasteiger charge is 2.23. The van der Waals surface area contributed by atoms with Gasteiger partial charge < -0.3 is 9.47 Å². The number of anilines is 1. The largest absolute Gasteiger partial charge is 0.331 e. The third-order valence-electron chi connectivity index (χ3n) is 5.95. The molecule has 0 radical (unpaired) electrons. The van der Waals surface area contributed by atoms with E-state index < -0.39 is 10.0 Å². The molecule has 7 nitrogen and oxygen atoms in total. The van der Waals surface area contributed by atoms with E-state index in [9.17, 15) is 13.2 Å². The van der Waals surface area contributed by atoms with Crippen LogP contribution < -0.4 is 4.90 Å². The van der Waals surface area contributed by atoms with Gasteiger partial charge in [-0.3, -0.25) is 4.79 Å². The minimum atomic E-state index is -3.55. The molecule has 0 spiro atoms. The Labute approximate surface area is 197 Å². The SMILES string of the molecule is CCCCN(C(=O)CCc1nc2cc(S(=O)(=O)N(CC)CC)ccc2n1C)c1ccccc1. The van der Waals surface area contributed by atoms with E-state index in [1.54, 1.807) is 18.2 Å². The summed E-state index contributed by atoms with van der Waals surface area (Å²) in [5, 5.41) is 0. The van der Waals surface area contributed by atoms with Gasteiger partial charge in [0.1, 0.15) is 5.82 Å². The standard InChI is InChI=1S/C25H34N4O3S/c1-5-8-18-29(20-12-10-9-11-13-20)25(30)17-16-24-26-22-19-21(14-15-23(22)27(24)4)33(31,32)28(6-2)7-3/h9-15,19H,5-8,16-18H2,1-4H3. The maximum atomic E-state index is 13.1. The molecule has 0 fully saturated rings. The fraction of sp³-hybridized carbons (Fsp3) is 0.440. The van der Waals surface area contributed by atoms with Crippen molar-refractivity contribution >= 4 is 32.7 Å². The summed E-state index contributed by atoms with van der Waals surface area (Å²) in [4.78, 5) is 19.8. The van der Waals surface area contributed by atoms with Crippen LogP contribution in [0.15, 0.2) is 53.4 Å². The van der Waals surface area contributed by atoms with Crippen molar-refractivity contribution in [3.05, 3.63) is 54.4 Å². The lowest BCUT2D eigenvalue weighted by Crippen LogP contribution is -2.32. The molecule has 3 rings (SSSR count). The summed E-state index contributed by atoms with van der Waals surface area (Å²) in [6.07, 6.45) is 2.77. The predicted octanol–water partition coefficient (Wildman–Crippen LogP) is 4.37. The molecule has 0 saturated heterocycles. The Bertz CT molecular complexity index is 1190. The summed E-state index contributed by atoms with van der Waals surface area (Å²) in [6, 6.07) is 14.8. The molecule has 0 aliphatic heterocycles. The Morgan fingerprint density at radius 3 is 2.36 bits per heavy atom. The lowest BCUT2D eigenvalue weighted by atomic mass is 10.2. The average Bonchev–Trinajstić information content (AvgIpc) is 3.14. The smallest absolute Gasteiger partial charge is 0.243 e. The van der Waals surface area contributed by atoms with Crippen LogP contribution in [-0.2, 0) is 28.3 Å². The van der Waals surface area contributed by atoms with Crippen LogP contribution in [0.2, 0.25) is 0 Å². The fourth-order valence-corrected chi connectivity index (χ4v) is 5.48. The second kappa shape index (κ2) is 10.9. The van der Waals surface area contributed by atoms with Crippen molar-refractivity contribution in [3.63, 3.8) is 0 Å². The molecule has 0 saturated carbocycles.